The van der Waals surface area contributed by atoms with Crippen molar-refractivity contribution in [2.24, 2.45) is 0 Å². The Hall–Kier alpha value is -1.70. The van der Waals surface area contributed by atoms with E-state index in [9.17, 15) is 4.39 Å². The van der Waals surface area contributed by atoms with Gasteiger partial charge in [-0.1, -0.05) is 23.7 Å². The van der Waals surface area contributed by atoms with Crippen LogP contribution in [0.2, 0.25) is 5.02 Å². The fraction of sp³-hybridized carbons (Fsp3) is 0.375. The third kappa shape index (κ3) is 6.07. The van der Waals surface area contributed by atoms with Crippen LogP contribution in [0.15, 0.2) is 30.5 Å². The number of anilines is 1. The van der Waals surface area contributed by atoms with E-state index in [2.05, 4.69) is 20.6 Å². The summed E-state index contributed by atoms with van der Waals surface area (Å²) in [4.78, 5) is 2.11. The molecule has 0 aliphatic heterocycles. The van der Waals surface area contributed by atoms with Crippen LogP contribution >= 0.6 is 23.8 Å². The zero-order valence-corrected chi connectivity index (χ0v) is 15.3. The van der Waals surface area contributed by atoms with E-state index in [1.165, 1.54) is 12.1 Å². The van der Waals surface area contributed by atoms with Crippen molar-refractivity contribution in [2.75, 3.05) is 32.5 Å². The molecule has 0 amide bonds. The largest absolute Gasteiger partial charge is 0.362 e. The van der Waals surface area contributed by atoms with Crippen LogP contribution in [0.25, 0.3) is 0 Å². The predicted molar refractivity (Wildman–Crippen MR) is 100 cm³/mol. The number of benzene rings is 1. The number of rotatable bonds is 7. The number of hydrogen-bond donors (Lipinski definition) is 2. The van der Waals surface area contributed by atoms with Gasteiger partial charge >= 0.3 is 0 Å². The summed E-state index contributed by atoms with van der Waals surface area (Å²) in [6.07, 6.45) is 2.67. The summed E-state index contributed by atoms with van der Waals surface area (Å²) < 4.78 is 14.9. The van der Waals surface area contributed by atoms with Crippen LogP contribution in [0, 0.1) is 5.82 Å². The van der Waals surface area contributed by atoms with Crippen molar-refractivity contribution in [3.05, 3.63) is 46.9 Å². The van der Waals surface area contributed by atoms with Crippen LogP contribution in [0.1, 0.15) is 12.0 Å². The van der Waals surface area contributed by atoms with E-state index in [0.717, 1.165) is 25.1 Å². The van der Waals surface area contributed by atoms with E-state index in [4.69, 9.17) is 23.8 Å². The summed E-state index contributed by atoms with van der Waals surface area (Å²) in [6, 6.07) is 6.39. The Kier molecular flexibility index (Phi) is 6.96. The van der Waals surface area contributed by atoms with Crippen LogP contribution in [-0.4, -0.2) is 47.0 Å². The Labute approximate surface area is 151 Å². The molecule has 0 unspecified atom stereocenters. The quantitative estimate of drug-likeness (QED) is 0.580. The third-order valence-corrected chi connectivity index (χ3v) is 3.77. The van der Waals surface area contributed by atoms with Crippen LogP contribution in [0.5, 0.6) is 0 Å². The van der Waals surface area contributed by atoms with Gasteiger partial charge in [-0.25, -0.2) is 4.39 Å². The normalized spacial score (nSPS) is 10.9. The average molecular weight is 370 g/mol. The molecule has 0 fully saturated rings. The maximum Gasteiger partial charge on any atom is 0.173 e. The summed E-state index contributed by atoms with van der Waals surface area (Å²) in [7, 11) is 4.06. The van der Waals surface area contributed by atoms with E-state index in [-0.39, 0.29) is 5.82 Å². The molecule has 0 atom stereocenters. The topological polar surface area (TPSA) is 45.1 Å². The lowest BCUT2D eigenvalue weighted by Gasteiger charge is -2.11. The number of aromatic nitrogens is 2. The van der Waals surface area contributed by atoms with Crippen LogP contribution in [0.4, 0.5) is 10.2 Å². The molecule has 8 heteroatoms. The highest BCUT2D eigenvalue weighted by Crippen LogP contribution is 2.20. The molecule has 24 heavy (non-hydrogen) atoms. The standard InChI is InChI=1S/C16H21ClFN5S/c1-22(2)8-4-7-19-16(24)20-15-14(17)11-23(21-15)10-12-5-3-6-13(18)9-12/h3,5-6,9,11H,4,7-8,10H2,1-2H3,(H2,19,20,21,24). The molecule has 0 radical (unpaired) electrons. The van der Waals surface area contributed by atoms with E-state index in [1.54, 1.807) is 16.9 Å². The van der Waals surface area contributed by atoms with Gasteiger partial charge in [0.2, 0.25) is 0 Å². The number of halogens is 2. The van der Waals surface area contributed by atoms with E-state index in [0.29, 0.717) is 22.5 Å². The molecular formula is C16H21ClFN5S. The minimum atomic E-state index is -0.271. The first kappa shape index (κ1) is 18.6. The zero-order valence-electron chi connectivity index (χ0n) is 13.7. The molecule has 1 heterocycles. The van der Waals surface area contributed by atoms with E-state index >= 15 is 0 Å². The maximum atomic E-state index is 13.2. The second-order valence-electron chi connectivity index (χ2n) is 5.69. The van der Waals surface area contributed by atoms with Crippen molar-refractivity contribution in [1.29, 1.82) is 0 Å². The first-order valence-corrected chi connectivity index (χ1v) is 8.39. The Morgan fingerprint density at radius 2 is 2.21 bits per heavy atom. The lowest BCUT2D eigenvalue weighted by molar-refractivity contribution is 0.400. The summed E-state index contributed by atoms with van der Waals surface area (Å²) in [6.45, 7) is 2.19. The molecule has 0 saturated carbocycles. The van der Waals surface area contributed by atoms with Crippen molar-refractivity contribution in [3.8, 4) is 0 Å². The zero-order chi connectivity index (χ0) is 17.5. The van der Waals surface area contributed by atoms with Gasteiger partial charge in [0.1, 0.15) is 10.8 Å². The molecular weight excluding hydrogens is 349 g/mol. The molecule has 0 saturated heterocycles. The molecule has 0 aliphatic carbocycles. The van der Waals surface area contributed by atoms with Gasteiger partial charge in [-0.2, -0.15) is 5.10 Å². The summed E-state index contributed by atoms with van der Waals surface area (Å²) >= 11 is 11.4. The molecule has 1 aromatic heterocycles. The van der Waals surface area contributed by atoms with Gasteiger partial charge in [0.15, 0.2) is 10.9 Å². The second-order valence-corrected chi connectivity index (χ2v) is 6.51. The molecule has 5 nitrogen and oxygen atoms in total. The molecule has 2 aromatic rings. The molecule has 2 N–H and O–H groups in total. The maximum absolute atomic E-state index is 13.2. The van der Waals surface area contributed by atoms with Crippen molar-refractivity contribution < 1.29 is 4.39 Å². The lowest BCUT2D eigenvalue weighted by atomic mass is 10.2. The number of nitrogens with zero attached hydrogens (tertiary/aromatic N) is 3. The van der Waals surface area contributed by atoms with Crippen LogP contribution in [-0.2, 0) is 6.54 Å². The summed E-state index contributed by atoms with van der Waals surface area (Å²) in [5.74, 6) is 0.213. The SMILES string of the molecule is CN(C)CCCNC(=S)Nc1nn(Cc2cccc(F)c2)cc1Cl. The number of hydrogen-bond acceptors (Lipinski definition) is 3. The molecule has 0 aliphatic rings. The first-order chi connectivity index (χ1) is 11.4. The Balaban J connectivity index is 1.88. The summed E-state index contributed by atoms with van der Waals surface area (Å²) in [5, 5.41) is 11.4. The minimum absolute atomic E-state index is 0.271. The van der Waals surface area contributed by atoms with Gasteiger partial charge in [0.05, 0.1) is 6.54 Å². The second kappa shape index (κ2) is 8.96. The fourth-order valence-electron chi connectivity index (χ4n) is 2.13. The fourth-order valence-corrected chi connectivity index (χ4v) is 2.53. The molecule has 130 valence electrons. The Morgan fingerprint density at radius 3 is 2.92 bits per heavy atom. The molecule has 0 bridgehead atoms. The highest BCUT2D eigenvalue weighted by molar-refractivity contribution is 7.80. The molecule has 0 spiro atoms. The van der Waals surface area contributed by atoms with Gasteiger partial charge in [0.25, 0.3) is 0 Å². The van der Waals surface area contributed by atoms with Crippen LogP contribution in [0.3, 0.4) is 0 Å². The van der Waals surface area contributed by atoms with Gasteiger partial charge in [-0.15, -0.1) is 0 Å². The smallest absolute Gasteiger partial charge is 0.173 e. The monoisotopic (exact) mass is 369 g/mol. The van der Waals surface area contributed by atoms with Crippen molar-refractivity contribution >= 4 is 34.7 Å². The Morgan fingerprint density at radius 1 is 1.42 bits per heavy atom. The highest BCUT2D eigenvalue weighted by atomic mass is 35.5. The van der Waals surface area contributed by atoms with Gasteiger partial charge in [0, 0.05) is 12.7 Å². The van der Waals surface area contributed by atoms with Crippen LogP contribution < -0.4 is 10.6 Å². The first-order valence-electron chi connectivity index (χ1n) is 7.61. The van der Waals surface area contributed by atoms with E-state index < -0.39 is 0 Å². The molecule has 1 aromatic carbocycles. The number of thiocarbonyl (C=S) groups is 1. The minimum Gasteiger partial charge on any atom is -0.362 e. The average Bonchev–Trinajstić information content (AvgIpc) is 2.83. The predicted octanol–water partition coefficient (Wildman–Crippen LogP) is 2.96. The van der Waals surface area contributed by atoms with E-state index in [1.807, 2.05) is 20.2 Å². The molecule has 2 rings (SSSR count). The van der Waals surface area contributed by atoms with Gasteiger partial charge in [-0.3, -0.25) is 4.68 Å². The Bertz CT molecular complexity index is 689. The number of nitrogens with one attached hydrogen (secondary N) is 2. The summed E-state index contributed by atoms with van der Waals surface area (Å²) in [5.41, 5.74) is 0.810. The van der Waals surface area contributed by atoms with Gasteiger partial charge in [-0.05, 0) is 57.0 Å². The highest BCUT2D eigenvalue weighted by Gasteiger charge is 2.09. The van der Waals surface area contributed by atoms with Crippen molar-refractivity contribution in [1.82, 2.24) is 20.0 Å². The van der Waals surface area contributed by atoms with Crippen molar-refractivity contribution in [2.45, 2.75) is 13.0 Å². The lowest BCUT2D eigenvalue weighted by Crippen LogP contribution is -2.31. The van der Waals surface area contributed by atoms with Gasteiger partial charge < -0.3 is 15.5 Å². The third-order valence-electron chi connectivity index (χ3n) is 3.25. The van der Waals surface area contributed by atoms with Crippen molar-refractivity contribution in [3.63, 3.8) is 0 Å².